The Kier molecular flexibility index (Phi) is 7.91. The Morgan fingerprint density at radius 1 is 1.00 bits per heavy atom. The van der Waals surface area contributed by atoms with Crippen molar-refractivity contribution in [1.29, 1.82) is 0 Å². The van der Waals surface area contributed by atoms with Crippen LogP contribution in [0.2, 0.25) is 0 Å². The molecule has 22 heavy (non-hydrogen) atoms. The first-order valence-corrected chi connectivity index (χ1v) is 8.68. The number of unbranched alkanes of at least 4 members (excludes halogenated alkanes) is 1. The van der Waals surface area contributed by atoms with Crippen LogP contribution >= 0.6 is 0 Å². The van der Waals surface area contributed by atoms with E-state index in [0.717, 1.165) is 38.5 Å². The van der Waals surface area contributed by atoms with E-state index < -0.39 is 0 Å². The highest BCUT2D eigenvalue weighted by molar-refractivity contribution is 5.77. The van der Waals surface area contributed by atoms with E-state index in [1.165, 1.54) is 0 Å². The maximum Gasteiger partial charge on any atom is 0.306 e. The predicted molar refractivity (Wildman–Crippen MR) is 86.4 cm³/mol. The van der Waals surface area contributed by atoms with E-state index in [4.69, 9.17) is 9.47 Å². The molecule has 0 spiro atoms. The van der Waals surface area contributed by atoms with Crippen molar-refractivity contribution in [3.63, 3.8) is 0 Å². The lowest BCUT2D eigenvalue weighted by Crippen LogP contribution is -2.30. The fourth-order valence-electron chi connectivity index (χ4n) is 2.90. The lowest BCUT2D eigenvalue weighted by atomic mass is 9.72. The SMILES string of the molecule is CCCCOC(=O)CCC(=O)OC1CCC(C(C)(C)C)CC1. The number of carbonyl (C=O) groups is 2. The van der Waals surface area contributed by atoms with E-state index in [1.807, 2.05) is 6.92 Å². The van der Waals surface area contributed by atoms with Crippen molar-refractivity contribution in [2.45, 2.75) is 85.2 Å². The van der Waals surface area contributed by atoms with E-state index in [-0.39, 0.29) is 30.9 Å². The summed E-state index contributed by atoms with van der Waals surface area (Å²) in [4.78, 5) is 23.2. The van der Waals surface area contributed by atoms with Crippen LogP contribution in [0, 0.1) is 11.3 Å². The summed E-state index contributed by atoms with van der Waals surface area (Å²) < 4.78 is 10.5. The molecule has 1 aliphatic carbocycles. The molecule has 0 aromatic carbocycles. The van der Waals surface area contributed by atoms with E-state index in [1.54, 1.807) is 0 Å². The van der Waals surface area contributed by atoms with Gasteiger partial charge in [0.05, 0.1) is 19.4 Å². The molecule has 4 heteroatoms. The first-order valence-electron chi connectivity index (χ1n) is 8.68. The Morgan fingerprint density at radius 2 is 1.59 bits per heavy atom. The molecule has 0 heterocycles. The van der Waals surface area contributed by atoms with Gasteiger partial charge >= 0.3 is 11.9 Å². The van der Waals surface area contributed by atoms with Gasteiger partial charge in [-0.25, -0.2) is 0 Å². The summed E-state index contributed by atoms with van der Waals surface area (Å²) in [5.74, 6) is 0.129. The molecule has 1 saturated carbocycles. The molecule has 1 aliphatic rings. The molecule has 0 radical (unpaired) electrons. The molecular formula is C18H32O4. The molecular weight excluding hydrogens is 280 g/mol. The molecule has 0 bridgehead atoms. The highest BCUT2D eigenvalue weighted by Gasteiger charge is 2.31. The zero-order valence-corrected chi connectivity index (χ0v) is 14.7. The van der Waals surface area contributed by atoms with E-state index in [2.05, 4.69) is 20.8 Å². The summed E-state index contributed by atoms with van der Waals surface area (Å²) in [6.07, 6.45) is 6.25. The van der Waals surface area contributed by atoms with Gasteiger partial charge in [-0.3, -0.25) is 9.59 Å². The Labute approximate surface area is 134 Å². The van der Waals surface area contributed by atoms with Crippen LogP contribution in [0.3, 0.4) is 0 Å². The summed E-state index contributed by atoms with van der Waals surface area (Å²) in [5, 5.41) is 0. The topological polar surface area (TPSA) is 52.6 Å². The van der Waals surface area contributed by atoms with Crippen molar-refractivity contribution in [1.82, 2.24) is 0 Å². The number of hydrogen-bond donors (Lipinski definition) is 0. The summed E-state index contributed by atoms with van der Waals surface area (Å²) in [6, 6.07) is 0. The molecule has 0 atom stereocenters. The van der Waals surface area contributed by atoms with E-state index in [0.29, 0.717) is 17.9 Å². The summed E-state index contributed by atoms with van der Waals surface area (Å²) in [5.41, 5.74) is 0.331. The Bertz CT molecular complexity index is 349. The quantitative estimate of drug-likeness (QED) is 0.520. The number of carbonyl (C=O) groups excluding carboxylic acids is 2. The van der Waals surface area contributed by atoms with Crippen LogP contribution in [-0.2, 0) is 19.1 Å². The zero-order valence-electron chi connectivity index (χ0n) is 14.7. The van der Waals surface area contributed by atoms with Crippen LogP contribution in [0.25, 0.3) is 0 Å². The molecule has 4 nitrogen and oxygen atoms in total. The largest absolute Gasteiger partial charge is 0.466 e. The third-order valence-corrected chi connectivity index (χ3v) is 4.49. The van der Waals surface area contributed by atoms with Gasteiger partial charge in [-0.1, -0.05) is 34.1 Å². The van der Waals surface area contributed by atoms with Gasteiger partial charge in [0.25, 0.3) is 0 Å². The Balaban J connectivity index is 2.17. The van der Waals surface area contributed by atoms with Gasteiger partial charge in [-0.2, -0.15) is 0 Å². The number of hydrogen-bond acceptors (Lipinski definition) is 4. The van der Waals surface area contributed by atoms with Gasteiger partial charge in [0.1, 0.15) is 6.10 Å². The first-order chi connectivity index (χ1) is 10.3. The molecule has 1 rings (SSSR count). The molecule has 0 unspecified atom stereocenters. The van der Waals surface area contributed by atoms with Crippen molar-refractivity contribution in [3.8, 4) is 0 Å². The monoisotopic (exact) mass is 312 g/mol. The van der Waals surface area contributed by atoms with Crippen molar-refractivity contribution in [3.05, 3.63) is 0 Å². The maximum absolute atomic E-state index is 11.8. The Hall–Kier alpha value is -1.06. The van der Waals surface area contributed by atoms with Crippen LogP contribution in [0.1, 0.15) is 79.1 Å². The van der Waals surface area contributed by atoms with Gasteiger partial charge in [-0.15, -0.1) is 0 Å². The second-order valence-corrected chi connectivity index (χ2v) is 7.40. The highest BCUT2D eigenvalue weighted by atomic mass is 16.5. The van der Waals surface area contributed by atoms with Crippen LogP contribution in [0.4, 0.5) is 0 Å². The average Bonchev–Trinajstić information content (AvgIpc) is 2.45. The molecule has 0 N–H and O–H groups in total. The van der Waals surface area contributed by atoms with Crippen LogP contribution in [0.5, 0.6) is 0 Å². The van der Waals surface area contributed by atoms with Crippen LogP contribution in [-0.4, -0.2) is 24.6 Å². The van der Waals surface area contributed by atoms with Crippen LogP contribution in [0.15, 0.2) is 0 Å². The molecule has 0 aromatic rings. The smallest absolute Gasteiger partial charge is 0.306 e. The van der Waals surface area contributed by atoms with Crippen LogP contribution < -0.4 is 0 Å². The van der Waals surface area contributed by atoms with Gasteiger partial charge in [0, 0.05) is 0 Å². The third-order valence-electron chi connectivity index (χ3n) is 4.49. The fourth-order valence-corrected chi connectivity index (χ4v) is 2.90. The average molecular weight is 312 g/mol. The van der Waals surface area contributed by atoms with E-state index >= 15 is 0 Å². The third kappa shape index (κ3) is 7.28. The Morgan fingerprint density at radius 3 is 2.14 bits per heavy atom. The highest BCUT2D eigenvalue weighted by Crippen LogP contribution is 2.38. The number of ether oxygens (including phenoxy) is 2. The fraction of sp³-hybridized carbons (Fsp3) is 0.889. The van der Waals surface area contributed by atoms with Crippen molar-refractivity contribution in [2.24, 2.45) is 11.3 Å². The zero-order chi connectivity index (χ0) is 16.6. The van der Waals surface area contributed by atoms with Crippen molar-refractivity contribution < 1.29 is 19.1 Å². The summed E-state index contributed by atoms with van der Waals surface area (Å²) >= 11 is 0. The number of rotatable bonds is 7. The first kappa shape index (κ1) is 19.0. The normalized spacial score (nSPS) is 22.2. The summed E-state index contributed by atoms with van der Waals surface area (Å²) in [7, 11) is 0. The molecule has 0 amide bonds. The standard InChI is InChI=1S/C18H32O4/c1-5-6-13-21-16(19)11-12-17(20)22-15-9-7-14(8-10-15)18(2,3)4/h14-15H,5-13H2,1-4H3. The molecule has 0 aliphatic heterocycles. The van der Waals surface area contributed by atoms with Crippen molar-refractivity contribution >= 4 is 11.9 Å². The minimum absolute atomic E-state index is 0.0298. The molecule has 1 fully saturated rings. The summed E-state index contributed by atoms with van der Waals surface area (Å²) in [6.45, 7) is 9.30. The van der Waals surface area contributed by atoms with Crippen molar-refractivity contribution in [2.75, 3.05) is 6.61 Å². The van der Waals surface area contributed by atoms with Gasteiger partial charge < -0.3 is 9.47 Å². The molecule has 0 saturated heterocycles. The van der Waals surface area contributed by atoms with Gasteiger partial charge in [-0.05, 0) is 43.4 Å². The predicted octanol–water partition coefficient (Wildman–Crippen LogP) is 4.26. The second-order valence-electron chi connectivity index (χ2n) is 7.40. The lowest BCUT2D eigenvalue weighted by Gasteiger charge is -2.36. The maximum atomic E-state index is 11.8. The van der Waals surface area contributed by atoms with Gasteiger partial charge in [0.2, 0.25) is 0 Å². The van der Waals surface area contributed by atoms with Gasteiger partial charge in [0.15, 0.2) is 0 Å². The minimum Gasteiger partial charge on any atom is -0.466 e. The second kappa shape index (κ2) is 9.16. The number of esters is 2. The lowest BCUT2D eigenvalue weighted by molar-refractivity contribution is -0.155. The minimum atomic E-state index is -0.304. The molecule has 128 valence electrons. The van der Waals surface area contributed by atoms with E-state index in [9.17, 15) is 9.59 Å². The molecule has 0 aromatic heterocycles.